The molecule has 0 amide bonds. The minimum absolute atomic E-state index is 0.266. The quantitative estimate of drug-likeness (QED) is 0.440. The smallest absolute Gasteiger partial charge is 0.344 e. The average molecular weight is 174 g/mol. The Balaban J connectivity index is 2.49. The molecule has 70 valence electrons. The first-order chi connectivity index (χ1) is 5.33. The van der Waals surface area contributed by atoms with Crippen LogP contribution in [0.1, 0.15) is 27.7 Å². The third kappa shape index (κ3) is 1.95. The maximum Gasteiger partial charge on any atom is 0.344 e. The van der Waals surface area contributed by atoms with Crippen molar-refractivity contribution in [3.8, 4) is 0 Å². The van der Waals surface area contributed by atoms with Gasteiger partial charge in [-0.1, -0.05) is 0 Å². The van der Waals surface area contributed by atoms with E-state index in [1.54, 1.807) is 6.92 Å². The average Bonchev–Trinajstić information content (AvgIpc) is 1.78. The molecule has 1 aliphatic heterocycles. The highest BCUT2D eigenvalue weighted by molar-refractivity contribution is 5.80. The first-order valence-corrected chi connectivity index (χ1v) is 3.88. The topological polar surface area (TPSA) is 44.8 Å². The number of esters is 1. The van der Waals surface area contributed by atoms with Crippen LogP contribution in [0.3, 0.4) is 0 Å². The molecule has 1 heterocycles. The van der Waals surface area contributed by atoms with Crippen LogP contribution >= 0.6 is 0 Å². The summed E-state index contributed by atoms with van der Waals surface area (Å²) in [7, 11) is 0. The molecular formula is C8H14O4. The Hall–Kier alpha value is -0.610. The van der Waals surface area contributed by atoms with Crippen LogP contribution in [0.25, 0.3) is 0 Å². The second-order valence-electron chi connectivity index (χ2n) is 4.08. The Kier molecular flexibility index (Phi) is 2.14. The summed E-state index contributed by atoms with van der Waals surface area (Å²) in [6.07, 6.45) is 0. The Labute approximate surface area is 71.7 Å². The van der Waals surface area contributed by atoms with E-state index in [0.29, 0.717) is 0 Å². The zero-order valence-electron chi connectivity index (χ0n) is 7.84. The van der Waals surface area contributed by atoms with Gasteiger partial charge >= 0.3 is 5.97 Å². The predicted molar refractivity (Wildman–Crippen MR) is 41.3 cm³/mol. The van der Waals surface area contributed by atoms with Crippen LogP contribution in [-0.2, 0) is 19.3 Å². The molecule has 0 N–H and O–H groups in total. The molecule has 4 nitrogen and oxygen atoms in total. The number of carbonyl (C=O) groups is 1. The molecule has 1 aliphatic rings. The standard InChI is InChI=1S/C8H14O4/c1-7(2,3)11-6(9)8(4)5-10-12-8/h5H2,1-4H3. The van der Waals surface area contributed by atoms with E-state index in [0.717, 1.165) is 0 Å². The van der Waals surface area contributed by atoms with Crippen LogP contribution in [0.15, 0.2) is 0 Å². The summed E-state index contributed by atoms with van der Waals surface area (Å²) in [5.74, 6) is -0.374. The summed E-state index contributed by atoms with van der Waals surface area (Å²) < 4.78 is 5.10. The zero-order valence-corrected chi connectivity index (χ0v) is 7.84. The highest BCUT2D eigenvalue weighted by atomic mass is 17.2. The van der Waals surface area contributed by atoms with Crippen molar-refractivity contribution in [3.63, 3.8) is 0 Å². The molecule has 12 heavy (non-hydrogen) atoms. The largest absolute Gasteiger partial charge is 0.458 e. The summed E-state index contributed by atoms with van der Waals surface area (Å²) in [5.41, 5.74) is -1.37. The van der Waals surface area contributed by atoms with Gasteiger partial charge < -0.3 is 4.74 Å². The van der Waals surface area contributed by atoms with Crippen LogP contribution in [0.4, 0.5) is 0 Å². The fourth-order valence-electron chi connectivity index (χ4n) is 0.715. The molecule has 0 bridgehead atoms. The van der Waals surface area contributed by atoms with Crippen LogP contribution < -0.4 is 0 Å². The van der Waals surface area contributed by atoms with Gasteiger partial charge in [0, 0.05) is 0 Å². The molecule has 0 spiro atoms. The van der Waals surface area contributed by atoms with Crippen LogP contribution in [0.5, 0.6) is 0 Å². The van der Waals surface area contributed by atoms with Gasteiger partial charge in [0.25, 0.3) is 0 Å². The number of carbonyl (C=O) groups excluding carboxylic acids is 1. The van der Waals surface area contributed by atoms with Gasteiger partial charge in [-0.2, -0.15) is 0 Å². The van der Waals surface area contributed by atoms with Crippen LogP contribution in [0.2, 0.25) is 0 Å². The fourth-order valence-corrected chi connectivity index (χ4v) is 0.715. The van der Waals surface area contributed by atoms with E-state index < -0.39 is 11.2 Å². The lowest BCUT2D eigenvalue weighted by atomic mass is 10.1. The molecule has 4 heteroatoms. The Morgan fingerprint density at radius 2 is 2.00 bits per heavy atom. The summed E-state index contributed by atoms with van der Waals surface area (Å²) in [5, 5.41) is 0. The van der Waals surface area contributed by atoms with Gasteiger partial charge in [-0.3, -0.25) is 0 Å². The molecular weight excluding hydrogens is 160 g/mol. The number of hydrogen-bond acceptors (Lipinski definition) is 4. The lowest BCUT2D eigenvalue weighted by Gasteiger charge is -2.35. The maximum atomic E-state index is 11.3. The minimum atomic E-state index is -0.896. The normalized spacial score (nSPS) is 29.3. The fraction of sp³-hybridized carbons (Fsp3) is 0.875. The molecule has 0 saturated carbocycles. The Morgan fingerprint density at radius 3 is 2.25 bits per heavy atom. The highest BCUT2D eigenvalue weighted by Gasteiger charge is 2.47. The first-order valence-electron chi connectivity index (χ1n) is 3.88. The summed E-state index contributed by atoms with van der Waals surface area (Å²) in [6, 6.07) is 0. The van der Waals surface area contributed by atoms with E-state index in [-0.39, 0.29) is 12.6 Å². The molecule has 1 unspecified atom stereocenters. The van der Waals surface area contributed by atoms with Gasteiger partial charge in [0.15, 0.2) is 0 Å². The van der Waals surface area contributed by atoms with E-state index >= 15 is 0 Å². The van der Waals surface area contributed by atoms with E-state index in [4.69, 9.17) is 4.74 Å². The molecule has 0 aromatic heterocycles. The van der Waals surface area contributed by atoms with E-state index in [1.165, 1.54) is 0 Å². The van der Waals surface area contributed by atoms with Crippen molar-refractivity contribution >= 4 is 5.97 Å². The first kappa shape index (κ1) is 9.48. The SMILES string of the molecule is CC(C)(C)OC(=O)C1(C)COO1. The van der Waals surface area contributed by atoms with Crippen molar-refractivity contribution in [2.24, 2.45) is 0 Å². The molecule has 0 aromatic carbocycles. The van der Waals surface area contributed by atoms with Crippen molar-refractivity contribution in [2.75, 3.05) is 6.61 Å². The molecule has 0 radical (unpaired) electrons. The van der Waals surface area contributed by atoms with Gasteiger partial charge in [0.1, 0.15) is 12.2 Å². The van der Waals surface area contributed by atoms with Gasteiger partial charge in [-0.25, -0.2) is 14.6 Å². The lowest BCUT2D eigenvalue weighted by Crippen LogP contribution is -2.53. The van der Waals surface area contributed by atoms with Crippen molar-refractivity contribution in [3.05, 3.63) is 0 Å². The van der Waals surface area contributed by atoms with Crippen molar-refractivity contribution in [1.82, 2.24) is 0 Å². The molecule has 1 fully saturated rings. The number of ether oxygens (including phenoxy) is 1. The van der Waals surface area contributed by atoms with E-state index in [1.807, 2.05) is 20.8 Å². The zero-order chi connectivity index (χ0) is 9.41. The molecule has 1 rings (SSSR count). The highest BCUT2D eigenvalue weighted by Crippen LogP contribution is 2.25. The molecule has 0 aromatic rings. The number of hydrogen-bond donors (Lipinski definition) is 0. The predicted octanol–water partition coefficient (Wildman–Crippen LogP) is 1.05. The molecule has 0 aliphatic carbocycles. The molecule has 1 atom stereocenters. The third-order valence-corrected chi connectivity index (χ3v) is 1.41. The van der Waals surface area contributed by atoms with Crippen LogP contribution in [0, 0.1) is 0 Å². The van der Waals surface area contributed by atoms with Crippen molar-refractivity contribution in [1.29, 1.82) is 0 Å². The van der Waals surface area contributed by atoms with Gasteiger partial charge in [-0.15, -0.1) is 0 Å². The third-order valence-electron chi connectivity index (χ3n) is 1.41. The molecule has 1 saturated heterocycles. The van der Waals surface area contributed by atoms with E-state index in [2.05, 4.69) is 9.78 Å². The Morgan fingerprint density at radius 1 is 1.50 bits per heavy atom. The van der Waals surface area contributed by atoms with E-state index in [9.17, 15) is 4.79 Å². The maximum absolute atomic E-state index is 11.3. The number of rotatable bonds is 1. The van der Waals surface area contributed by atoms with Crippen LogP contribution in [-0.4, -0.2) is 23.8 Å². The Bertz CT molecular complexity index is 188. The van der Waals surface area contributed by atoms with Gasteiger partial charge in [0.2, 0.25) is 5.60 Å². The minimum Gasteiger partial charge on any atom is -0.458 e. The summed E-state index contributed by atoms with van der Waals surface area (Å²) in [6.45, 7) is 7.35. The van der Waals surface area contributed by atoms with Gasteiger partial charge in [0.05, 0.1) is 0 Å². The lowest BCUT2D eigenvalue weighted by molar-refractivity contribution is -0.454. The summed E-state index contributed by atoms with van der Waals surface area (Å²) in [4.78, 5) is 20.5. The second-order valence-corrected chi connectivity index (χ2v) is 4.08. The van der Waals surface area contributed by atoms with Gasteiger partial charge in [-0.05, 0) is 27.7 Å². The van der Waals surface area contributed by atoms with Crippen molar-refractivity contribution < 1.29 is 19.3 Å². The van der Waals surface area contributed by atoms with Crippen molar-refractivity contribution in [2.45, 2.75) is 38.9 Å². The monoisotopic (exact) mass is 174 g/mol. The second kappa shape index (κ2) is 2.71. The summed E-state index contributed by atoms with van der Waals surface area (Å²) >= 11 is 0.